The number of aromatic nitrogens is 2. The van der Waals surface area contributed by atoms with E-state index in [0.717, 1.165) is 5.56 Å². The summed E-state index contributed by atoms with van der Waals surface area (Å²) in [5.41, 5.74) is 2.24. The molecule has 0 atom stereocenters. The van der Waals surface area contributed by atoms with E-state index < -0.39 is 0 Å². The zero-order valence-corrected chi connectivity index (χ0v) is 19.8. The highest BCUT2D eigenvalue weighted by Gasteiger charge is 2.26. The number of halogens is 2. The van der Waals surface area contributed by atoms with Gasteiger partial charge in [-0.05, 0) is 36.6 Å². The molecule has 2 N–H and O–H groups in total. The van der Waals surface area contributed by atoms with Crippen molar-refractivity contribution in [1.82, 2.24) is 15.3 Å². The van der Waals surface area contributed by atoms with E-state index in [9.17, 15) is 14.0 Å². The fourth-order valence-electron chi connectivity index (χ4n) is 4.27. The number of carbonyl (C=O) groups excluding carboxylic acids is 1. The molecule has 1 saturated heterocycles. The van der Waals surface area contributed by atoms with E-state index in [2.05, 4.69) is 10.3 Å². The number of carbonyl (C=O) groups is 1. The minimum absolute atomic E-state index is 0.0104. The van der Waals surface area contributed by atoms with Crippen LogP contribution in [0.15, 0.2) is 58.7 Å². The number of piperidine rings is 1. The number of nitrogens with one attached hydrogen (secondary N) is 2. The molecule has 2 aromatic carbocycles. The Hall–Kier alpha value is -3.23. The molecule has 1 aliphatic rings. The van der Waals surface area contributed by atoms with Crippen LogP contribution in [0, 0.1) is 11.7 Å². The molecular formula is C25H22ClFN4O2S. The number of hydrogen-bond donors (Lipinski definition) is 2. The van der Waals surface area contributed by atoms with Crippen molar-refractivity contribution >= 4 is 45.0 Å². The average molecular weight is 497 g/mol. The Morgan fingerprint density at radius 1 is 1.18 bits per heavy atom. The van der Waals surface area contributed by atoms with Gasteiger partial charge < -0.3 is 10.2 Å². The molecule has 0 unspecified atom stereocenters. The number of hydrogen-bond acceptors (Lipinski definition) is 5. The number of H-pyrrole nitrogens is 1. The highest BCUT2D eigenvalue weighted by Crippen LogP contribution is 2.33. The number of fused-ring (bicyclic) bond motifs is 1. The molecule has 6 nitrogen and oxygen atoms in total. The van der Waals surface area contributed by atoms with Crippen molar-refractivity contribution < 1.29 is 9.18 Å². The summed E-state index contributed by atoms with van der Waals surface area (Å²) < 4.78 is 14.9. The van der Waals surface area contributed by atoms with Crippen LogP contribution in [0.4, 0.5) is 10.3 Å². The van der Waals surface area contributed by atoms with Gasteiger partial charge in [0.05, 0.1) is 5.52 Å². The van der Waals surface area contributed by atoms with Gasteiger partial charge >= 0.3 is 0 Å². The Balaban J connectivity index is 1.29. The van der Waals surface area contributed by atoms with E-state index in [1.54, 1.807) is 29.6 Å². The van der Waals surface area contributed by atoms with Crippen molar-refractivity contribution in [2.75, 3.05) is 18.0 Å². The first-order chi connectivity index (χ1) is 16.5. The van der Waals surface area contributed by atoms with Crippen LogP contribution in [-0.4, -0.2) is 29.0 Å². The minimum Gasteiger partial charge on any atom is -0.352 e. The molecular weight excluding hydrogens is 475 g/mol. The summed E-state index contributed by atoms with van der Waals surface area (Å²) >= 11 is 7.26. The van der Waals surface area contributed by atoms with E-state index in [1.165, 1.54) is 17.4 Å². The Morgan fingerprint density at radius 3 is 2.74 bits per heavy atom. The van der Waals surface area contributed by atoms with Gasteiger partial charge in [-0.15, -0.1) is 11.3 Å². The van der Waals surface area contributed by atoms with Gasteiger partial charge in [0.15, 0.2) is 0 Å². The smallest absolute Gasteiger partial charge is 0.270 e. The molecule has 0 saturated carbocycles. The van der Waals surface area contributed by atoms with Gasteiger partial charge in [-0.25, -0.2) is 9.37 Å². The number of rotatable bonds is 5. The van der Waals surface area contributed by atoms with Gasteiger partial charge in [0, 0.05) is 47.1 Å². The fourth-order valence-corrected chi connectivity index (χ4v) is 5.38. The quantitative estimate of drug-likeness (QED) is 0.408. The van der Waals surface area contributed by atoms with Gasteiger partial charge in [-0.1, -0.05) is 41.9 Å². The van der Waals surface area contributed by atoms with Crippen molar-refractivity contribution in [2.24, 2.45) is 5.92 Å². The highest BCUT2D eigenvalue weighted by molar-refractivity contribution is 7.17. The fraction of sp³-hybridized carbons (Fsp3) is 0.240. The second-order valence-corrected chi connectivity index (χ2v) is 9.62. The molecule has 1 amide bonds. The van der Waals surface area contributed by atoms with Crippen molar-refractivity contribution in [3.8, 4) is 11.1 Å². The summed E-state index contributed by atoms with van der Waals surface area (Å²) in [6.45, 7) is 1.61. The molecule has 0 radical (unpaired) electrons. The van der Waals surface area contributed by atoms with Gasteiger partial charge in [0.2, 0.25) is 11.9 Å². The zero-order valence-electron chi connectivity index (χ0n) is 18.2. The highest BCUT2D eigenvalue weighted by atomic mass is 35.5. The van der Waals surface area contributed by atoms with Crippen molar-refractivity contribution in [1.29, 1.82) is 0 Å². The number of nitrogens with zero attached hydrogens (tertiary/aromatic N) is 2. The van der Waals surface area contributed by atoms with E-state index in [4.69, 9.17) is 16.6 Å². The summed E-state index contributed by atoms with van der Waals surface area (Å²) in [5.74, 6) is -0.000999. The number of amides is 1. The van der Waals surface area contributed by atoms with E-state index in [0.29, 0.717) is 64.8 Å². The van der Waals surface area contributed by atoms with Crippen LogP contribution < -0.4 is 15.8 Å². The lowest BCUT2D eigenvalue weighted by Gasteiger charge is -2.31. The maximum Gasteiger partial charge on any atom is 0.270 e. The summed E-state index contributed by atoms with van der Waals surface area (Å²) in [4.78, 5) is 34.9. The lowest BCUT2D eigenvalue weighted by atomic mass is 9.96. The van der Waals surface area contributed by atoms with Crippen LogP contribution in [-0.2, 0) is 11.3 Å². The van der Waals surface area contributed by atoms with Gasteiger partial charge in [-0.3, -0.25) is 14.6 Å². The van der Waals surface area contributed by atoms with Crippen LogP contribution in [0.5, 0.6) is 0 Å². The van der Waals surface area contributed by atoms with E-state index >= 15 is 0 Å². The molecule has 5 rings (SSSR count). The Kier molecular flexibility index (Phi) is 6.34. The molecule has 1 aliphatic heterocycles. The third kappa shape index (κ3) is 4.56. The van der Waals surface area contributed by atoms with Crippen molar-refractivity contribution in [3.63, 3.8) is 0 Å². The first-order valence-electron chi connectivity index (χ1n) is 11.0. The number of anilines is 1. The van der Waals surface area contributed by atoms with E-state index in [-0.39, 0.29) is 23.2 Å². The third-order valence-electron chi connectivity index (χ3n) is 6.10. The molecule has 1 fully saturated rings. The minimum atomic E-state index is -0.351. The summed E-state index contributed by atoms with van der Waals surface area (Å²) in [6.07, 6.45) is 1.29. The predicted molar refractivity (Wildman–Crippen MR) is 134 cm³/mol. The molecule has 0 aliphatic carbocycles. The number of benzene rings is 2. The largest absolute Gasteiger partial charge is 0.352 e. The first-order valence-corrected chi connectivity index (χ1v) is 12.3. The van der Waals surface area contributed by atoms with Crippen molar-refractivity contribution in [3.05, 3.63) is 80.7 Å². The molecule has 174 valence electrons. The maximum absolute atomic E-state index is 14.4. The lowest BCUT2D eigenvalue weighted by molar-refractivity contribution is -0.125. The maximum atomic E-state index is 14.4. The Bertz CT molecular complexity index is 1410. The topological polar surface area (TPSA) is 78.1 Å². The molecule has 4 aromatic rings. The SMILES string of the molecule is O=C(NCc1cccc(Cl)c1)C1CCN(c2nc3c(-c4ccccc4F)csc3c(=O)[nH]2)CC1. The predicted octanol–water partition coefficient (Wildman–Crippen LogP) is 4.98. The van der Waals surface area contributed by atoms with Gasteiger partial charge in [-0.2, -0.15) is 0 Å². The zero-order chi connectivity index (χ0) is 23.7. The van der Waals surface area contributed by atoms with Crippen LogP contribution in [0.3, 0.4) is 0 Å². The van der Waals surface area contributed by atoms with Gasteiger partial charge in [0.25, 0.3) is 5.56 Å². The molecule has 34 heavy (non-hydrogen) atoms. The summed E-state index contributed by atoms with van der Waals surface area (Å²) in [7, 11) is 0. The second-order valence-electron chi connectivity index (χ2n) is 8.31. The Morgan fingerprint density at radius 2 is 1.97 bits per heavy atom. The molecule has 0 spiro atoms. The molecule has 2 aromatic heterocycles. The van der Waals surface area contributed by atoms with Crippen LogP contribution in [0.1, 0.15) is 18.4 Å². The molecule has 3 heterocycles. The average Bonchev–Trinajstić information content (AvgIpc) is 3.27. The van der Waals surface area contributed by atoms with Crippen LogP contribution >= 0.6 is 22.9 Å². The lowest BCUT2D eigenvalue weighted by Crippen LogP contribution is -2.41. The number of aromatic amines is 1. The monoisotopic (exact) mass is 496 g/mol. The third-order valence-corrected chi connectivity index (χ3v) is 7.30. The normalized spacial score (nSPS) is 14.5. The first kappa shape index (κ1) is 22.6. The summed E-state index contributed by atoms with van der Waals surface area (Å²) in [6, 6.07) is 13.9. The van der Waals surface area contributed by atoms with E-state index in [1.807, 2.05) is 23.1 Å². The Labute approximate surface area is 204 Å². The molecule has 9 heteroatoms. The summed E-state index contributed by atoms with van der Waals surface area (Å²) in [5, 5.41) is 5.40. The second kappa shape index (κ2) is 9.56. The van der Waals surface area contributed by atoms with Crippen molar-refractivity contribution in [2.45, 2.75) is 19.4 Å². The van der Waals surface area contributed by atoms with Gasteiger partial charge in [0.1, 0.15) is 10.5 Å². The van der Waals surface area contributed by atoms with Crippen LogP contribution in [0.25, 0.3) is 21.3 Å². The molecule has 0 bridgehead atoms. The van der Waals surface area contributed by atoms with Crippen LogP contribution in [0.2, 0.25) is 5.02 Å². The standard InChI is InChI=1S/C25H22ClFN4O2S/c26-17-5-3-4-15(12-17)13-28-23(32)16-8-10-31(11-9-16)25-29-21-19(14-34-22(21)24(33)30-25)18-6-1-2-7-20(18)27/h1-7,12,14,16H,8-11,13H2,(H,28,32)(H,29,30,33). The number of thiophene rings is 1.